The average Bonchev–Trinajstić information content (AvgIpc) is 2.91. The summed E-state index contributed by atoms with van der Waals surface area (Å²) >= 11 is 0. The molecule has 0 aromatic heterocycles. The van der Waals surface area contributed by atoms with Gasteiger partial charge in [0.25, 0.3) is 0 Å². The molecular formula is C20H26O7. The second kappa shape index (κ2) is 7.22. The van der Waals surface area contributed by atoms with E-state index >= 15 is 0 Å². The molecule has 2 aliphatic carbocycles. The Balaban J connectivity index is 1.99. The molecule has 0 aromatic carbocycles. The number of fused-ring (bicyclic) bond motifs is 3. The Kier molecular flexibility index (Phi) is 5.29. The van der Waals surface area contributed by atoms with Gasteiger partial charge in [-0.1, -0.05) is 19.1 Å². The fraction of sp³-hybridized carbons (Fsp3) is 0.600. The van der Waals surface area contributed by atoms with Crippen LogP contribution in [0.15, 0.2) is 34.9 Å². The van der Waals surface area contributed by atoms with E-state index in [2.05, 4.69) is 6.58 Å². The summed E-state index contributed by atoms with van der Waals surface area (Å²) in [6.07, 6.45) is 0.821. The zero-order valence-electron chi connectivity index (χ0n) is 15.6. The molecule has 0 spiro atoms. The van der Waals surface area contributed by atoms with Crippen molar-refractivity contribution in [3.63, 3.8) is 0 Å². The third-order valence-corrected chi connectivity index (χ3v) is 6.17. The van der Waals surface area contributed by atoms with Crippen LogP contribution < -0.4 is 0 Å². The van der Waals surface area contributed by atoms with Gasteiger partial charge in [-0.3, -0.25) is 0 Å². The normalized spacial score (nSPS) is 36.3. The Bertz CT molecular complexity index is 735. The van der Waals surface area contributed by atoms with Gasteiger partial charge in [0, 0.05) is 11.0 Å². The van der Waals surface area contributed by atoms with Crippen LogP contribution in [0.25, 0.3) is 0 Å². The SMILES string of the molecule is C=C1C(=O)O[C@@H]2C3=C(C)CC[C@@H](O)[C@]3(C)C[C@@H](OC(=O)/C(=C/CO)CO)[C@@H]12. The maximum atomic E-state index is 12.4. The summed E-state index contributed by atoms with van der Waals surface area (Å²) in [5.74, 6) is -1.82. The number of allylic oxidation sites excluding steroid dienone is 1. The molecule has 148 valence electrons. The van der Waals surface area contributed by atoms with Gasteiger partial charge >= 0.3 is 11.9 Å². The highest BCUT2D eigenvalue weighted by Crippen LogP contribution is 2.56. The molecule has 3 rings (SSSR count). The molecule has 1 aliphatic heterocycles. The molecule has 7 nitrogen and oxygen atoms in total. The van der Waals surface area contributed by atoms with Crippen molar-refractivity contribution < 1.29 is 34.4 Å². The molecule has 3 aliphatic rings. The van der Waals surface area contributed by atoms with Gasteiger partial charge in [-0.05, 0) is 37.8 Å². The second-order valence-corrected chi connectivity index (χ2v) is 7.76. The molecule has 0 unspecified atom stereocenters. The van der Waals surface area contributed by atoms with Gasteiger partial charge < -0.3 is 24.8 Å². The van der Waals surface area contributed by atoms with E-state index in [1.54, 1.807) is 0 Å². The summed E-state index contributed by atoms with van der Waals surface area (Å²) in [4.78, 5) is 24.6. The molecule has 0 amide bonds. The van der Waals surface area contributed by atoms with Gasteiger partial charge in [0.1, 0.15) is 12.2 Å². The highest BCUT2D eigenvalue weighted by atomic mass is 16.6. The summed E-state index contributed by atoms with van der Waals surface area (Å²) in [7, 11) is 0. The van der Waals surface area contributed by atoms with E-state index in [0.717, 1.165) is 17.6 Å². The maximum Gasteiger partial charge on any atom is 0.336 e. The number of hydrogen-bond acceptors (Lipinski definition) is 7. The molecule has 2 fully saturated rings. The lowest BCUT2D eigenvalue weighted by atomic mass is 9.58. The first-order valence-electron chi connectivity index (χ1n) is 9.14. The van der Waals surface area contributed by atoms with E-state index in [-0.39, 0.29) is 11.1 Å². The molecule has 0 bridgehead atoms. The fourth-order valence-corrected chi connectivity index (χ4v) is 4.72. The maximum absolute atomic E-state index is 12.4. The van der Waals surface area contributed by atoms with Crippen LogP contribution >= 0.6 is 0 Å². The van der Waals surface area contributed by atoms with Crippen LogP contribution in [0, 0.1) is 11.3 Å². The van der Waals surface area contributed by atoms with Crippen molar-refractivity contribution >= 4 is 11.9 Å². The van der Waals surface area contributed by atoms with Crippen LogP contribution in [0.1, 0.15) is 33.1 Å². The Hall–Kier alpha value is -1.96. The van der Waals surface area contributed by atoms with Crippen molar-refractivity contribution in [1.82, 2.24) is 0 Å². The van der Waals surface area contributed by atoms with Crippen molar-refractivity contribution in [2.75, 3.05) is 13.2 Å². The van der Waals surface area contributed by atoms with Gasteiger partial charge in [0.05, 0.1) is 30.8 Å². The first-order chi connectivity index (χ1) is 12.7. The lowest BCUT2D eigenvalue weighted by Crippen LogP contribution is -2.53. The zero-order chi connectivity index (χ0) is 19.9. The van der Waals surface area contributed by atoms with Crippen molar-refractivity contribution in [2.45, 2.75) is 51.4 Å². The van der Waals surface area contributed by atoms with Crippen LogP contribution in [0.4, 0.5) is 0 Å². The summed E-state index contributed by atoms with van der Waals surface area (Å²) < 4.78 is 11.2. The predicted molar refractivity (Wildman–Crippen MR) is 95.3 cm³/mol. The topological polar surface area (TPSA) is 113 Å². The predicted octanol–water partition coefficient (Wildman–Crippen LogP) is 0.788. The number of esters is 2. The molecule has 0 aromatic rings. The van der Waals surface area contributed by atoms with Crippen molar-refractivity contribution in [1.29, 1.82) is 0 Å². The van der Waals surface area contributed by atoms with Crippen LogP contribution in [-0.2, 0) is 19.1 Å². The largest absolute Gasteiger partial charge is 0.458 e. The first kappa shape index (κ1) is 19.8. The minimum absolute atomic E-state index is 0.0585. The Labute approximate surface area is 158 Å². The monoisotopic (exact) mass is 378 g/mol. The van der Waals surface area contributed by atoms with Crippen molar-refractivity contribution in [3.05, 3.63) is 34.9 Å². The van der Waals surface area contributed by atoms with Crippen molar-refractivity contribution in [3.8, 4) is 0 Å². The number of aliphatic hydroxyl groups is 3. The van der Waals surface area contributed by atoms with Gasteiger partial charge in [0.15, 0.2) is 0 Å². The van der Waals surface area contributed by atoms with Gasteiger partial charge in [-0.25, -0.2) is 9.59 Å². The highest BCUT2D eigenvalue weighted by molar-refractivity contribution is 5.92. The van der Waals surface area contributed by atoms with E-state index < -0.39 is 54.8 Å². The van der Waals surface area contributed by atoms with E-state index in [1.807, 2.05) is 13.8 Å². The minimum atomic E-state index is -0.763. The van der Waals surface area contributed by atoms with E-state index in [4.69, 9.17) is 14.6 Å². The molecule has 1 heterocycles. The van der Waals surface area contributed by atoms with Gasteiger partial charge in [-0.2, -0.15) is 0 Å². The molecule has 1 saturated carbocycles. The Morgan fingerprint density at radius 2 is 2.15 bits per heavy atom. The quantitative estimate of drug-likeness (QED) is 0.376. The number of carbonyl (C=O) groups excluding carboxylic acids is 2. The summed E-state index contributed by atoms with van der Waals surface area (Å²) in [5, 5.41) is 29.0. The lowest BCUT2D eigenvalue weighted by Gasteiger charge is -2.50. The average molecular weight is 378 g/mol. The molecule has 5 atom stereocenters. The zero-order valence-corrected chi connectivity index (χ0v) is 15.6. The minimum Gasteiger partial charge on any atom is -0.458 e. The number of hydrogen-bond donors (Lipinski definition) is 3. The smallest absolute Gasteiger partial charge is 0.336 e. The fourth-order valence-electron chi connectivity index (χ4n) is 4.72. The molecule has 3 N–H and O–H groups in total. The summed E-state index contributed by atoms with van der Waals surface area (Å²) in [5.41, 5.74) is 1.49. The van der Waals surface area contributed by atoms with Crippen molar-refractivity contribution in [2.24, 2.45) is 11.3 Å². The molecule has 1 saturated heterocycles. The Morgan fingerprint density at radius 3 is 2.78 bits per heavy atom. The van der Waals surface area contributed by atoms with Gasteiger partial charge in [0.2, 0.25) is 0 Å². The highest BCUT2D eigenvalue weighted by Gasteiger charge is 2.59. The summed E-state index contributed by atoms with van der Waals surface area (Å²) in [6, 6.07) is 0. The van der Waals surface area contributed by atoms with E-state index in [1.165, 1.54) is 6.08 Å². The third-order valence-electron chi connectivity index (χ3n) is 6.17. The molecular weight excluding hydrogens is 352 g/mol. The molecule has 7 heteroatoms. The number of carbonyl (C=O) groups is 2. The van der Waals surface area contributed by atoms with Crippen LogP contribution in [0.5, 0.6) is 0 Å². The molecule has 27 heavy (non-hydrogen) atoms. The third kappa shape index (κ3) is 3.13. The number of aliphatic hydroxyl groups excluding tert-OH is 3. The van der Waals surface area contributed by atoms with E-state index in [0.29, 0.717) is 12.8 Å². The van der Waals surface area contributed by atoms with Gasteiger partial charge in [-0.15, -0.1) is 0 Å². The lowest BCUT2D eigenvalue weighted by molar-refractivity contribution is -0.155. The number of rotatable bonds is 4. The second-order valence-electron chi connectivity index (χ2n) is 7.76. The first-order valence-corrected chi connectivity index (χ1v) is 9.14. The number of ether oxygens (including phenoxy) is 2. The van der Waals surface area contributed by atoms with Crippen LogP contribution in [0.2, 0.25) is 0 Å². The van der Waals surface area contributed by atoms with Crippen LogP contribution in [0.3, 0.4) is 0 Å². The Morgan fingerprint density at radius 1 is 1.44 bits per heavy atom. The van der Waals surface area contributed by atoms with E-state index in [9.17, 15) is 19.8 Å². The van der Waals surface area contributed by atoms with Crippen LogP contribution in [-0.4, -0.2) is 58.8 Å². The molecule has 0 radical (unpaired) electrons. The standard InChI is InChI=1S/C20H26O7/c1-10-4-5-14(23)20(3)8-13(26-19(25)12(9-22)6-7-21)15-11(2)18(24)27-17(15)16(10)20/h6,13-15,17,21-23H,2,4-5,7-9H2,1,3H3/b12-6+/t13-,14-,15-,17+,20+/m1/s1. The summed E-state index contributed by atoms with van der Waals surface area (Å²) in [6.45, 7) is 6.73.